The SMILES string of the molecule is [C-]#[N+]c1cnc2c(c(I)cn2COCC[Si](C)(C)C)c1N1CCOCC1. The molecule has 0 radical (unpaired) electrons. The first-order valence-corrected chi connectivity index (χ1v) is 13.6. The number of hydrogen-bond acceptors (Lipinski definition) is 4. The Labute approximate surface area is 169 Å². The van der Waals surface area contributed by atoms with Crippen molar-refractivity contribution in [3.8, 4) is 0 Å². The molecule has 0 aliphatic carbocycles. The average molecular weight is 484 g/mol. The van der Waals surface area contributed by atoms with Gasteiger partial charge in [0.15, 0.2) is 0 Å². The molecule has 26 heavy (non-hydrogen) atoms. The molecule has 0 unspecified atom stereocenters. The third-order valence-electron chi connectivity index (χ3n) is 4.47. The first kappa shape index (κ1) is 19.6. The number of pyridine rings is 1. The van der Waals surface area contributed by atoms with Gasteiger partial charge in [-0.15, -0.1) is 0 Å². The molecule has 1 aliphatic rings. The highest BCUT2D eigenvalue weighted by Crippen LogP contribution is 2.39. The van der Waals surface area contributed by atoms with E-state index in [4.69, 9.17) is 16.0 Å². The van der Waals surface area contributed by atoms with Crippen LogP contribution in [0.1, 0.15) is 0 Å². The van der Waals surface area contributed by atoms with Crippen LogP contribution in [0, 0.1) is 10.1 Å². The van der Waals surface area contributed by atoms with E-state index in [1.807, 2.05) is 0 Å². The molecule has 0 saturated carbocycles. The molecule has 1 aliphatic heterocycles. The van der Waals surface area contributed by atoms with Crippen LogP contribution in [-0.2, 0) is 16.2 Å². The number of halogens is 1. The number of rotatable bonds is 6. The van der Waals surface area contributed by atoms with Crippen molar-refractivity contribution in [3.05, 3.63) is 27.4 Å². The van der Waals surface area contributed by atoms with Gasteiger partial charge < -0.3 is 18.9 Å². The Hall–Kier alpha value is -1.15. The van der Waals surface area contributed by atoms with Gasteiger partial charge in [-0.3, -0.25) is 0 Å². The van der Waals surface area contributed by atoms with Crippen molar-refractivity contribution in [2.24, 2.45) is 0 Å². The van der Waals surface area contributed by atoms with Crippen molar-refractivity contribution in [1.82, 2.24) is 9.55 Å². The van der Waals surface area contributed by atoms with Crippen LogP contribution in [0.4, 0.5) is 11.4 Å². The van der Waals surface area contributed by atoms with Gasteiger partial charge in [0.2, 0.25) is 5.69 Å². The zero-order valence-corrected chi connectivity index (χ0v) is 18.7. The molecule has 6 nitrogen and oxygen atoms in total. The van der Waals surface area contributed by atoms with Crippen LogP contribution in [0.25, 0.3) is 15.9 Å². The smallest absolute Gasteiger partial charge is 0.228 e. The van der Waals surface area contributed by atoms with Crippen molar-refractivity contribution in [3.63, 3.8) is 0 Å². The molecule has 1 saturated heterocycles. The molecule has 0 atom stereocenters. The average Bonchev–Trinajstić information content (AvgIpc) is 2.94. The predicted octanol–water partition coefficient (Wildman–Crippen LogP) is 4.34. The van der Waals surface area contributed by atoms with E-state index in [2.05, 4.69) is 67.7 Å². The lowest BCUT2D eigenvalue weighted by Crippen LogP contribution is -2.36. The van der Waals surface area contributed by atoms with Gasteiger partial charge in [0.25, 0.3) is 0 Å². The van der Waals surface area contributed by atoms with Crippen molar-refractivity contribution < 1.29 is 9.47 Å². The van der Waals surface area contributed by atoms with Gasteiger partial charge in [0.1, 0.15) is 12.4 Å². The van der Waals surface area contributed by atoms with Crippen LogP contribution in [0.5, 0.6) is 0 Å². The molecule has 8 heteroatoms. The lowest BCUT2D eigenvalue weighted by molar-refractivity contribution is 0.0898. The highest BCUT2D eigenvalue weighted by atomic mass is 127. The van der Waals surface area contributed by atoms with Gasteiger partial charge in [0.05, 0.1) is 25.5 Å². The van der Waals surface area contributed by atoms with Crippen LogP contribution in [0.3, 0.4) is 0 Å². The zero-order chi connectivity index (χ0) is 18.7. The summed E-state index contributed by atoms with van der Waals surface area (Å²) in [7, 11) is -1.09. The monoisotopic (exact) mass is 484 g/mol. The second-order valence-corrected chi connectivity index (χ2v) is 14.5. The van der Waals surface area contributed by atoms with Gasteiger partial charge in [-0.1, -0.05) is 19.6 Å². The third kappa shape index (κ3) is 4.39. The molecular weight excluding hydrogens is 459 g/mol. The minimum Gasteiger partial charge on any atom is -0.378 e. The van der Waals surface area contributed by atoms with Crippen LogP contribution >= 0.6 is 22.6 Å². The summed E-state index contributed by atoms with van der Waals surface area (Å²) >= 11 is 2.34. The summed E-state index contributed by atoms with van der Waals surface area (Å²) in [6.45, 7) is 18.9. The van der Waals surface area contributed by atoms with Gasteiger partial charge in [-0.05, 0) is 28.6 Å². The fraction of sp³-hybridized carbons (Fsp3) is 0.556. The molecule has 3 heterocycles. The van der Waals surface area contributed by atoms with Crippen LogP contribution < -0.4 is 4.90 Å². The maximum atomic E-state index is 7.55. The molecule has 0 bridgehead atoms. The van der Waals surface area contributed by atoms with E-state index in [9.17, 15) is 0 Å². The first-order chi connectivity index (χ1) is 12.4. The van der Waals surface area contributed by atoms with Gasteiger partial charge in [0, 0.05) is 49.1 Å². The highest BCUT2D eigenvalue weighted by molar-refractivity contribution is 14.1. The third-order valence-corrected chi connectivity index (χ3v) is 6.99. The molecular formula is C18H25IN4O2Si. The highest BCUT2D eigenvalue weighted by Gasteiger charge is 2.22. The number of nitrogens with zero attached hydrogens (tertiary/aromatic N) is 4. The van der Waals surface area contributed by atoms with E-state index in [0.717, 1.165) is 46.0 Å². The molecule has 2 aromatic rings. The topological polar surface area (TPSA) is 43.9 Å². The Bertz CT molecular complexity index is 819. The van der Waals surface area contributed by atoms with E-state index in [1.165, 1.54) is 0 Å². The van der Waals surface area contributed by atoms with Crippen molar-refractivity contribution in [1.29, 1.82) is 0 Å². The summed E-state index contributed by atoms with van der Waals surface area (Å²) in [6, 6.07) is 1.15. The standard InChI is InChI=1S/C18H25IN4O2Si/c1-20-15-11-21-18-16(17(15)22-5-7-24-8-6-22)14(19)12-23(18)13-25-9-10-26(2,3)4/h11-12H,5-10,13H2,2-4H3. The summed E-state index contributed by atoms with van der Waals surface area (Å²) in [5.41, 5.74) is 2.48. The maximum absolute atomic E-state index is 7.55. The Kier molecular flexibility index (Phi) is 6.22. The van der Waals surface area contributed by atoms with Gasteiger partial charge >= 0.3 is 0 Å². The summed E-state index contributed by atoms with van der Waals surface area (Å²) < 4.78 is 14.6. The Morgan fingerprint density at radius 1 is 1.35 bits per heavy atom. The largest absolute Gasteiger partial charge is 0.378 e. The molecule has 1 fully saturated rings. The van der Waals surface area contributed by atoms with Crippen LogP contribution in [-0.4, -0.2) is 50.5 Å². The summed E-state index contributed by atoms with van der Waals surface area (Å²) in [5, 5.41) is 1.05. The number of ether oxygens (including phenoxy) is 2. The second-order valence-electron chi connectivity index (χ2n) is 7.70. The van der Waals surface area contributed by atoms with E-state index < -0.39 is 8.07 Å². The van der Waals surface area contributed by atoms with Crippen molar-refractivity contribution in [2.45, 2.75) is 32.4 Å². The molecule has 0 amide bonds. The molecule has 2 aromatic heterocycles. The predicted molar refractivity (Wildman–Crippen MR) is 116 cm³/mol. The summed E-state index contributed by atoms with van der Waals surface area (Å²) in [6.07, 6.45) is 3.76. The number of morpholine rings is 1. The van der Waals surface area contributed by atoms with Gasteiger partial charge in [-0.25, -0.2) is 9.83 Å². The molecule has 140 valence electrons. The number of hydrogen-bond donors (Lipinski definition) is 0. The van der Waals surface area contributed by atoms with Crippen molar-refractivity contribution >= 4 is 53.1 Å². The van der Waals surface area contributed by atoms with E-state index in [-0.39, 0.29) is 0 Å². The quantitative estimate of drug-likeness (QED) is 0.265. The van der Waals surface area contributed by atoms with E-state index in [0.29, 0.717) is 25.6 Å². The Morgan fingerprint density at radius 2 is 2.08 bits per heavy atom. The summed E-state index contributed by atoms with van der Waals surface area (Å²) in [4.78, 5) is 10.5. The fourth-order valence-electron chi connectivity index (χ4n) is 3.01. The second kappa shape index (κ2) is 8.25. The van der Waals surface area contributed by atoms with E-state index >= 15 is 0 Å². The minimum atomic E-state index is -1.09. The Morgan fingerprint density at radius 3 is 2.73 bits per heavy atom. The normalized spacial score (nSPS) is 15.4. The molecule has 0 spiro atoms. The Balaban J connectivity index is 1.90. The lowest BCUT2D eigenvalue weighted by Gasteiger charge is -2.30. The molecule has 0 N–H and O–H groups in total. The molecule has 0 aromatic carbocycles. The summed E-state index contributed by atoms with van der Waals surface area (Å²) in [5.74, 6) is 0. The fourth-order valence-corrected chi connectivity index (χ4v) is 4.60. The number of fused-ring (bicyclic) bond motifs is 1. The zero-order valence-electron chi connectivity index (χ0n) is 15.6. The van der Waals surface area contributed by atoms with Crippen LogP contribution in [0.2, 0.25) is 25.7 Å². The van der Waals surface area contributed by atoms with Crippen molar-refractivity contribution in [2.75, 3.05) is 37.8 Å². The minimum absolute atomic E-state index is 0.497. The number of aromatic nitrogens is 2. The van der Waals surface area contributed by atoms with Crippen LogP contribution in [0.15, 0.2) is 12.4 Å². The van der Waals surface area contributed by atoms with Gasteiger partial charge in [-0.2, -0.15) is 0 Å². The number of anilines is 1. The van der Waals surface area contributed by atoms with E-state index in [1.54, 1.807) is 6.20 Å². The lowest BCUT2D eigenvalue weighted by atomic mass is 10.2. The first-order valence-electron chi connectivity index (χ1n) is 8.86. The molecule has 3 rings (SSSR count). The maximum Gasteiger partial charge on any atom is 0.228 e.